The molecule has 0 saturated carbocycles. The fourth-order valence-electron chi connectivity index (χ4n) is 4.70. The topological polar surface area (TPSA) is 279 Å². The predicted molar refractivity (Wildman–Crippen MR) is 172 cm³/mol. The highest BCUT2D eigenvalue weighted by molar-refractivity contribution is 8.02. The second kappa shape index (κ2) is 18.2. The van der Waals surface area contributed by atoms with Crippen molar-refractivity contribution in [3.05, 3.63) is 11.6 Å². The van der Waals surface area contributed by atoms with Crippen LogP contribution in [-0.2, 0) is 38.4 Å². The second-order valence-corrected chi connectivity index (χ2v) is 12.6. The van der Waals surface area contributed by atoms with E-state index in [1.807, 2.05) is 13.8 Å². The van der Waals surface area contributed by atoms with Gasteiger partial charge in [0.05, 0.1) is 19.2 Å². The fourth-order valence-corrected chi connectivity index (χ4v) is 5.56. The fraction of sp³-hybridized carbons (Fsp3) is 0.630. The van der Waals surface area contributed by atoms with E-state index in [9.17, 15) is 43.5 Å². The van der Waals surface area contributed by atoms with E-state index in [4.69, 9.17) is 5.73 Å². The molecule has 2 rings (SSSR count). The first kappa shape index (κ1) is 39.0. The molecule has 8 amide bonds. The predicted octanol–water partition coefficient (Wildman–Crippen LogP) is -5.54. The number of amides is 8. The smallest absolute Gasteiger partial charge is 0.248 e. The van der Waals surface area contributed by atoms with E-state index in [2.05, 4.69) is 42.4 Å². The van der Waals surface area contributed by atoms with Gasteiger partial charge in [-0.1, -0.05) is 13.8 Å². The molecule has 1 fully saturated rings. The van der Waals surface area contributed by atoms with Crippen LogP contribution in [0, 0.1) is 5.92 Å². The molecular weight excluding hydrogens is 637 g/mol. The molecule has 20 heteroatoms. The van der Waals surface area contributed by atoms with E-state index >= 15 is 0 Å². The largest absolute Gasteiger partial charge is 0.394 e. The summed E-state index contributed by atoms with van der Waals surface area (Å²) in [7, 11) is 1.52. The molecule has 0 aromatic heterocycles. The van der Waals surface area contributed by atoms with Gasteiger partial charge in [-0.15, -0.1) is 11.8 Å². The molecule has 1 spiro atoms. The van der Waals surface area contributed by atoms with E-state index in [0.29, 0.717) is 0 Å². The number of nitrogens with one attached hydrogen (secondary N) is 8. The van der Waals surface area contributed by atoms with Gasteiger partial charge in [-0.3, -0.25) is 38.4 Å². The molecule has 6 atom stereocenters. The first-order chi connectivity index (χ1) is 22.1. The monoisotopic (exact) mass is 681 g/mol. The number of aliphatic hydroxyl groups is 1. The number of carbonyl (C=O) groups excluding carboxylic acids is 8. The molecule has 6 unspecified atom stereocenters. The summed E-state index contributed by atoms with van der Waals surface area (Å²) in [6, 6.07) is -6.25. The summed E-state index contributed by atoms with van der Waals surface area (Å²) in [5.41, 5.74) is 3.25. The molecule has 0 bridgehead atoms. The first-order valence-corrected chi connectivity index (χ1v) is 16.1. The van der Waals surface area contributed by atoms with Crippen molar-refractivity contribution in [2.24, 2.45) is 11.7 Å². The van der Waals surface area contributed by atoms with Crippen LogP contribution in [-0.4, -0.2) is 115 Å². The van der Waals surface area contributed by atoms with Crippen LogP contribution >= 0.6 is 11.8 Å². The number of carbonyl (C=O) groups is 8. The van der Waals surface area contributed by atoms with Crippen LogP contribution in [0.15, 0.2) is 11.6 Å². The lowest BCUT2D eigenvalue weighted by Gasteiger charge is -2.37. The van der Waals surface area contributed by atoms with Crippen molar-refractivity contribution < 1.29 is 43.5 Å². The Balaban J connectivity index is 2.70. The van der Waals surface area contributed by atoms with Gasteiger partial charge in [-0.2, -0.15) is 0 Å². The molecule has 0 aromatic carbocycles. The summed E-state index contributed by atoms with van der Waals surface area (Å²) in [5.74, 6) is -6.75. The van der Waals surface area contributed by atoms with Gasteiger partial charge in [0.2, 0.25) is 47.3 Å². The molecule has 11 N–H and O–H groups in total. The zero-order chi connectivity index (χ0) is 35.3. The highest BCUT2D eigenvalue weighted by Gasteiger charge is 2.46. The minimum atomic E-state index is -2.04. The van der Waals surface area contributed by atoms with Gasteiger partial charge in [0.15, 0.2) is 7.98 Å². The van der Waals surface area contributed by atoms with Crippen molar-refractivity contribution in [1.82, 2.24) is 42.4 Å². The van der Waals surface area contributed by atoms with Crippen molar-refractivity contribution in [2.45, 2.75) is 82.2 Å². The Kier molecular flexibility index (Phi) is 15.1. The standard InChI is InChI=1S/C27H44BN9O9S/c1-13(2)8-16-22(42)31-10-20(40)36-27(9-17(25(45)32-16)33-21(41)14(3)37-28)12-47-7-6-30-23(43)18(11-38)34-24(44)15(35-26(27)46)4-5-19(29)39/h6-7,13-18,37-38H,4-5,8-12,28H2,1-3H3,(H2,29,39)(H,30,43)(H,31,42)(H,32,45)(H,33,41)(H,34,44)(H,35,46)(H,36,40)/b7-6-. The molecule has 2 aliphatic heterocycles. The Morgan fingerprint density at radius 2 is 1.70 bits per heavy atom. The van der Waals surface area contributed by atoms with Gasteiger partial charge < -0.3 is 53.3 Å². The van der Waals surface area contributed by atoms with Crippen LogP contribution in [0.4, 0.5) is 0 Å². The summed E-state index contributed by atoms with van der Waals surface area (Å²) in [4.78, 5) is 105. The van der Waals surface area contributed by atoms with Gasteiger partial charge in [-0.25, -0.2) is 0 Å². The molecule has 18 nitrogen and oxygen atoms in total. The van der Waals surface area contributed by atoms with Gasteiger partial charge in [0.25, 0.3) is 0 Å². The molecular formula is C27H44BN9O9S. The zero-order valence-corrected chi connectivity index (χ0v) is 27.6. The van der Waals surface area contributed by atoms with Crippen LogP contribution in [0.3, 0.4) is 0 Å². The highest BCUT2D eigenvalue weighted by Crippen LogP contribution is 2.23. The number of aliphatic hydroxyl groups excluding tert-OH is 1. The first-order valence-electron chi connectivity index (χ1n) is 15.1. The van der Waals surface area contributed by atoms with Crippen LogP contribution < -0.4 is 48.2 Å². The van der Waals surface area contributed by atoms with E-state index < -0.39 is 103 Å². The number of rotatable bonds is 9. The van der Waals surface area contributed by atoms with E-state index in [0.717, 1.165) is 11.8 Å². The third-order valence-corrected chi connectivity index (χ3v) is 8.41. The van der Waals surface area contributed by atoms with Crippen molar-refractivity contribution >= 4 is 67.0 Å². The van der Waals surface area contributed by atoms with Gasteiger partial charge in [-0.05, 0) is 31.1 Å². The number of nitrogens with two attached hydrogens (primary N) is 1. The molecule has 47 heavy (non-hydrogen) atoms. The number of thioether (sulfide) groups is 1. The van der Waals surface area contributed by atoms with Gasteiger partial charge in [0.1, 0.15) is 29.7 Å². The minimum absolute atomic E-state index is 0.0486. The maximum absolute atomic E-state index is 14.3. The Morgan fingerprint density at radius 1 is 1.02 bits per heavy atom. The molecule has 260 valence electrons. The molecule has 0 aromatic rings. The summed E-state index contributed by atoms with van der Waals surface area (Å²) in [6.45, 7) is 3.83. The second-order valence-electron chi connectivity index (χ2n) is 11.7. The Labute approximate surface area is 277 Å². The highest BCUT2D eigenvalue weighted by atomic mass is 32.2. The average molecular weight is 682 g/mol. The lowest BCUT2D eigenvalue weighted by Crippen LogP contribution is -2.67. The summed E-state index contributed by atoms with van der Waals surface area (Å²) in [5, 5.41) is 31.3. The number of hydrogen-bond acceptors (Lipinski definition) is 11. The van der Waals surface area contributed by atoms with Crippen molar-refractivity contribution in [3.8, 4) is 0 Å². The lowest BCUT2D eigenvalue weighted by molar-refractivity contribution is -0.138. The Morgan fingerprint density at radius 3 is 2.32 bits per heavy atom. The van der Waals surface area contributed by atoms with E-state index in [-0.39, 0.29) is 30.9 Å². The maximum Gasteiger partial charge on any atom is 0.248 e. The van der Waals surface area contributed by atoms with Crippen molar-refractivity contribution in [3.63, 3.8) is 0 Å². The summed E-state index contributed by atoms with van der Waals surface area (Å²) in [6.07, 6.45) is 0.167. The lowest BCUT2D eigenvalue weighted by atomic mass is 9.89. The normalized spacial score (nSPS) is 27.9. The third kappa shape index (κ3) is 11.9. The molecule has 1 saturated heterocycles. The summed E-state index contributed by atoms with van der Waals surface area (Å²) >= 11 is 0.936. The van der Waals surface area contributed by atoms with E-state index in [1.165, 1.54) is 26.5 Å². The molecule has 2 heterocycles. The number of primary amides is 1. The zero-order valence-electron chi connectivity index (χ0n) is 26.8. The van der Waals surface area contributed by atoms with Crippen LogP contribution in [0.2, 0.25) is 0 Å². The minimum Gasteiger partial charge on any atom is -0.394 e. The average Bonchev–Trinajstić information content (AvgIpc) is 3.02. The van der Waals surface area contributed by atoms with E-state index in [1.54, 1.807) is 0 Å². The Hall–Kier alpha value is -4.17. The molecule has 0 radical (unpaired) electrons. The third-order valence-electron chi connectivity index (χ3n) is 7.42. The van der Waals surface area contributed by atoms with Crippen molar-refractivity contribution in [2.75, 3.05) is 18.9 Å². The Bertz CT molecular complexity index is 1250. The quantitative estimate of drug-likeness (QED) is 0.103. The van der Waals surface area contributed by atoms with Crippen LogP contribution in [0.5, 0.6) is 0 Å². The van der Waals surface area contributed by atoms with Crippen molar-refractivity contribution in [1.29, 1.82) is 0 Å². The van der Waals surface area contributed by atoms with Gasteiger partial charge in [0, 0.05) is 24.8 Å². The summed E-state index contributed by atoms with van der Waals surface area (Å²) < 4.78 is 0. The van der Waals surface area contributed by atoms with Crippen LogP contribution in [0.1, 0.15) is 46.5 Å². The number of hydrogen-bond donors (Lipinski definition) is 10. The SMILES string of the molecule is BNC(C)C(=O)NC1CC2(CS/C=C\NC(=O)C(CO)NC(=O)C(CCC(N)=O)NC2=O)NC(=O)CNC(=O)C(CC(C)C)NC1=O. The molecule has 0 aliphatic carbocycles. The maximum atomic E-state index is 14.3. The molecule has 2 aliphatic rings. The van der Waals surface area contributed by atoms with Gasteiger partial charge >= 0.3 is 0 Å². The van der Waals surface area contributed by atoms with Crippen LogP contribution in [0.25, 0.3) is 0 Å².